The summed E-state index contributed by atoms with van der Waals surface area (Å²) in [6.45, 7) is 6.15. The van der Waals surface area contributed by atoms with Crippen LogP contribution in [0.2, 0.25) is 0 Å². The molecule has 0 aromatic carbocycles. The van der Waals surface area contributed by atoms with Gasteiger partial charge in [0, 0.05) is 38.2 Å². The zero-order chi connectivity index (χ0) is 12.6. The molecule has 0 radical (unpaired) electrons. The highest BCUT2D eigenvalue weighted by atomic mass is 15.1. The van der Waals surface area contributed by atoms with Gasteiger partial charge in [0.2, 0.25) is 0 Å². The number of aryl methyl sites for hydroxylation is 2. The Bertz CT molecular complexity index is 432. The first kappa shape index (κ1) is 12.8. The maximum absolute atomic E-state index is 4.19. The van der Waals surface area contributed by atoms with Crippen LogP contribution in [0.1, 0.15) is 25.5 Å². The highest BCUT2D eigenvalue weighted by Gasteiger charge is 2.00. The summed E-state index contributed by atoms with van der Waals surface area (Å²) in [4.78, 5) is 8.22. The van der Waals surface area contributed by atoms with Crippen LogP contribution >= 0.6 is 0 Å². The Morgan fingerprint density at radius 3 is 2.94 bits per heavy atom. The van der Waals surface area contributed by atoms with Gasteiger partial charge in [-0.25, -0.2) is 9.97 Å². The fraction of sp³-hybridized carbons (Fsp3) is 0.538. The van der Waals surface area contributed by atoms with Crippen LogP contribution in [0.3, 0.4) is 0 Å². The molecule has 98 valence electrons. The lowest BCUT2D eigenvalue weighted by Gasteiger charge is -2.08. The van der Waals surface area contributed by atoms with Crippen molar-refractivity contribution in [3.05, 3.63) is 36.9 Å². The average Bonchev–Trinajstić information content (AvgIpc) is 3.01. The number of nitrogens with one attached hydrogen (secondary N) is 1. The van der Waals surface area contributed by atoms with Gasteiger partial charge in [-0.05, 0) is 19.4 Å². The minimum Gasteiger partial charge on any atom is -0.337 e. The molecule has 5 heteroatoms. The molecule has 0 spiro atoms. The van der Waals surface area contributed by atoms with Gasteiger partial charge >= 0.3 is 0 Å². The highest BCUT2D eigenvalue weighted by Crippen LogP contribution is 2.00. The van der Waals surface area contributed by atoms with Crippen molar-refractivity contribution in [3.63, 3.8) is 0 Å². The molecule has 0 fully saturated rings. The number of aromatic nitrogens is 4. The number of imidazole rings is 2. The highest BCUT2D eigenvalue weighted by molar-refractivity contribution is 4.97. The van der Waals surface area contributed by atoms with Crippen molar-refractivity contribution in [1.29, 1.82) is 0 Å². The van der Waals surface area contributed by atoms with Crippen molar-refractivity contribution >= 4 is 0 Å². The number of hydrogen-bond acceptors (Lipinski definition) is 3. The van der Waals surface area contributed by atoms with Crippen LogP contribution < -0.4 is 5.32 Å². The van der Waals surface area contributed by atoms with Crippen molar-refractivity contribution in [1.82, 2.24) is 24.4 Å². The van der Waals surface area contributed by atoms with Crippen LogP contribution in [0.5, 0.6) is 0 Å². The summed E-state index contributed by atoms with van der Waals surface area (Å²) in [6.07, 6.45) is 11.8. The van der Waals surface area contributed by atoms with E-state index in [4.69, 9.17) is 0 Å². The van der Waals surface area contributed by atoms with E-state index in [0.29, 0.717) is 0 Å². The first-order valence-corrected chi connectivity index (χ1v) is 6.55. The maximum atomic E-state index is 4.19. The molecular weight excluding hydrogens is 226 g/mol. The zero-order valence-corrected chi connectivity index (χ0v) is 10.9. The molecule has 5 nitrogen and oxygen atoms in total. The SMILES string of the molecule is CCCn1cncc1CNCCCn1ccnc1. The van der Waals surface area contributed by atoms with Gasteiger partial charge in [-0.2, -0.15) is 0 Å². The van der Waals surface area contributed by atoms with E-state index in [0.717, 1.165) is 39.0 Å². The average molecular weight is 247 g/mol. The topological polar surface area (TPSA) is 47.7 Å². The second-order valence-electron chi connectivity index (χ2n) is 4.41. The Morgan fingerprint density at radius 2 is 2.17 bits per heavy atom. The zero-order valence-electron chi connectivity index (χ0n) is 10.9. The van der Waals surface area contributed by atoms with E-state index in [1.165, 1.54) is 5.69 Å². The van der Waals surface area contributed by atoms with Crippen molar-refractivity contribution in [3.8, 4) is 0 Å². The molecule has 0 bridgehead atoms. The molecule has 1 N–H and O–H groups in total. The second kappa shape index (κ2) is 6.96. The van der Waals surface area contributed by atoms with Crippen molar-refractivity contribution in [2.24, 2.45) is 0 Å². The summed E-state index contributed by atoms with van der Waals surface area (Å²) < 4.78 is 4.31. The van der Waals surface area contributed by atoms with Gasteiger partial charge in [-0.3, -0.25) is 0 Å². The molecular formula is C13H21N5. The lowest BCUT2D eigenvalue weighted by molar-refractivity contribution is 0.558. The van der Waals surface area contributed by atoms with Crippen LogP contribution in [0.4, 0.5) is 0 Å². The van der Waals surface area contributed by atoms with Gasteiger partial charge < -0.3 is 14.5 Å². The molecule has 2 rings (SSSR count). The second-order valence-corrected chi connectivity index (χ2v) is 4.41. The quantitative estimate of drug-likeness (QED) is 0.722. The summed E-state index contributed by atoms with van der Waals surface area (Å²) in [7, 11) is 0. The monoisotopic (exact) mass is 247 g/mol. The maximum Gasteiger partial charge on any atom is 0.0948 e. The molecule has 0 aliphatic heterocycles. The molecule has 18 heavy (non-hydrogen) atoms. The Balaban J connectivity index is 1.64. The molecule has 0 saturated carbocycles. The lowest BCUT2D eigenvalue weighted by atomic mass is 10.3. The molecule has 0 aliphatic carbocycles. The van der Waals surface area contributed by atoms with E-state index < -0.39 is 0 Å². The molecule has 2 aromatic rings. The number of hydrogen-bond donors (Lipinski definition) is 1. The minimum absolute atomic E-state index is 0.893. The van der Waals surface area contributed by atoms with E-state index in [2.05, 4.69) is 31.3 Å². The Kier molecular flexibility index (Phi) is 4.96. The molecule has 0 unspecified atom stereocenters. The first-order valence-electron chi connectivity index (χ1n) is 6.55. The van der Waals surface area contributed by atoms with Crippen LogP contribution in [-0.4, -0.2) is 25.6 Å². The largest absolute Gasteiger partial charge is 0.337 e. The van der Waals surface area contributed by atoms with E-state index in [9.17, 15) is 0 Å². The summed E-state index contributed by atoms with van der Waals surface area (Å²) in [5, 5.41) is 3.45. The van der Waals surface area contributed by atoms with Crippen LogP contribution in [0.25, 0.3) is 0 Å². The first-order chi connectivity index (χ1) is 8.90. The fourth-order valence-corrected chi connectivity index (χ4v) is 1.96. The predicted molar refractivity (Wildman–Crippen MR) is 71.1 cm³/mol. The van der Waals surface area contributed by atoms with Crippen LogP contribution in [0, 0.1) is 0 Å². The van der Waals surface area contributed by atoms with E-state index in [-0.39, 0.29) is 0 Å². The minimum atomic E-state index is 0.893. The van der Waals surface area contributed by atoms with E-state index in [1.807, 2.05) is 31.2 Å². The third-order valence-corrected chi connectivity index (χ3v) is 2.90. The summed E-state index contributed by atoms with van der Waals surface area (Å²) in [5.41, 5.74) is 1.26. The van der Waals surface area contributed by atoms with Gasteiger partial charge in [0.1, 0.15) is 0 Å². The van der Waals surface area contributed by atoms with Gasteiger partial charge in [-0.15, -0.1) is 0 Å². The smallest absolute Gasteiger partial charge is 0.0948 e. The van der Waals surface area contributed by atoms with E-state index >= 15 is 0 Å². The molecule has 0 amide bonds. The summed E-state index contributed by atoms with van der Waals surface area (Å²) in [6, 6.07) is 0. The summed E-state index contributed by atoms with van der Waals surface area (Å²) in [5.74, 6) is 0. The predicted octanol–water partition coefficient (Wildman–Crippen LogP) is 1.67. The van der Waals surface area contributed by atoms with Gasteiger partial charge in [0.05, 0.1) is 18.3 Å². The Hall–Kier alpha value is -1.62. The Labute approximate surface area is 108 Å². The fourth-order valence-electron chi connectivity index (χ4n) is 1.96. The van der Waals surface area contributed by atoms with Gasteiger partial charge in [-0.1, -0.05) is 6.92 Å². The molecule has 2 heterocycles. The van der Waals surface area contributed by atoms with Crippen LogP contribution in [-0.2, 0) is 19.6 Å². The third-order valence-electron chi connectivity index (χ3n) is 2.90. The van der Waals surface area contributed by atoms with Crippen molar-refractivity contribution in [2.45, 2.75) is 39.4 Å². The molecule has 0 aliphatic rings. The normalized spacial score (nSPS) is 10.9. The summed E-state index contributed by atoms with van der Waals surface area (Å²) >= 11 is 0. The van der Waals surface area contributed by atoms with Gasteiger partial charge in [0.25, 0.3) is 0 Å². The Morgan fingerprint density at radius 1 is 1.22 bits per heavy atom. The number of nitrogens with zero attached hydrogens (tertiary/aromatic N) is 4. The third kappa shape index (κ3) is 3.70. The van der Waals surface area contributed by atoms with E-state index in [1.54, 1.807) is 0 Å². The molecule has 0 saturated heterocycles. The molecule has 0 atom stereocenters. The van der Waals surface area contributed by atoms with Gasteiger partial charge in [0.15, 0.2) is 0 Å². The van der Waals surface area contributed by atoms with Crippen molar-refractivity contribution < 1.29 is 0 Å². The number of rotatable bonds is 8. The standard InChI is InChI=1S/C13H21N5/c1-2-6-18-12-16-10-13(18)9-14-4-3-7-17-8-5-15-11-17/h5,8,10-12,14H,2-4,6-7,9H2,1H3. The molecule has 2 aromatic heterocycles. The van der Waals surface area contributed by atoms with Crippen LogP contribution in [0.15, 0.2) is 31.2 Å². The lowest BCUT2D eigenvalue weighted by Crippen LogP contribution is -2.18. The van der Waals surface area contributed by atoms with Crippen molar-refractivity contribution in [2.75, 3.05) is 6.54 Å².